The molecule has 2 saturated heterocycles. The van der Waals surface area contributed by atoms with Crippen molar-refractivity contribution in [3.8, 4) is 0 Å². The molecule has 0 atom stereocenters. The number of amides is 1. The lowest BCUT2D eigenvalue weighted by Gasteiger charge is -2.37. The molecule has 11 nitrogen and oxygen atoms in total. The van der Waals surface area contributed by atoms with Gasteiger partial charge in [-0.2, -0.15) is 4.31 Å². The Kier molecular flexibility index (Phi) is 6.34. The number of aromatic nitrogens is 5. The third-order valence-electron chi connectivity index (χ3n) is 7.10. The molecule has 1 aromatic carbocycles. The molecule has 0 bridgehead atoms. The normalized spacial score (nSPS) is 19.1. The summed E-state index contributed by atoms with van der Waals surface area (Å²) in [5.41, 5.74) is 0.644. The molecule has 0 unspecified atom stereocenters. The number of benzene rings is 1. The lowest BCUT2D eigenvalue weighted by molar-refractivity contribution is -0.138. The fourth-order valence-electron chi connectivity index (χ4n) is 5.05. The first kappa shape index (κ1) is 22.9. The van der Waals surface area contributed by atoms with Crippen LogP contribution in [-0.2, 0) is 27.8 Å². The Morgan fingerprint density at radius 2 is 1.85 bits per heavy atom. The summed E-state index contributed by atoms with van der Waals surface area (Å²) >= 11 is 0. The van der Waals surface area contributed by atoms with Gasteiger partial charge in [0, 0.05) is 45.1 Å². The first-order valence-electron chi connectivity index (χ1n) is 11.8. The summed E-state index contributed by atoms with van der Waals surface area (Å²) < 4.78 is 34.6. The Hall–Kier alpha value is -2.86. The minimum absolute atomic E-state index is 0.0944. The number of sulfonamides is 1. The smallest absolute Gasteiger partial charge is 0.245 e. The standard InChI is InChI=1S/C22H29N7O4S/c1-2-27-15-23-24-20(27)14-16-6-10-28(11-7-16)22(30)17-8-12-29(13-9-17)34(31,32)19-5-3-4-18-21(19)26-33-25-18/h3-5,15-17H,2,6-14H2,1H3. The number of aryl methyl sites for hydroxylation is 1. The second-order valence-electron chi connectivity index (χ2n) is 9.07. The number of rotatable bonds is 6. The van der Waals surface area contributed by atoms with E-state index in [0.29, 0.717) is 37.4 Å². The Morgan fingerprint density at radius 1 is 1.09 bits per heavy atom. The Morgan fingerprint density at radius 3 is 2.59 bits per heavy atom. The second-order valence-corrected chi connectivity index (χ2v) is 11.0. The maximum Gasteiger partial charge on any atom is 0.245 e. The minimum atomic E-state index is -3.74. The third-order valence-corrected chi connectivity index (χ3v) is 9.03. The number of nitrogens with zero attached hydrogens (tertiary/aromatic N) is 7. The van der Waals surface area contributed by atoms with Gasteiger partial charge in [0.15, 0.2) is 5.52 Å². The van der Waals surface area contributed by atoms with E-state index >= 15 is 0 Å². The zero-order valence-electron chi connectivity index (χ0n) is 19.2. The van der Waals surface area contributed by atoms with Crippen LogP contribution in [0.4, 0.5) is 0 Å². The van der Waals surface area contributed by atoms with E-state index in [9.17, 15) is 13.2 Å². The van der Waals surface area contributed by atoms with Crippen LogP contribution in [0.3, 0.4) is 0 Å². The topological polar surface area (TPSA) is 127 Å². The quantitative estimate of drug-likeness (QED) is 0.514. The SMILES string of the molecule is CCn1cnnc1CC1CCN(C(=O)C2CCN(S(=O)(=O)c3cccc4nonc34)CC2)CC1. The van der Waals surface area contributed by atoms with Crippen LogP contribution in [0, 0.1) is 11.8 Å². The van der Waals surface area contributed by atoms with E-state index in [4.69, 9.17) is 4.63 Å². The van der Waals surface area contributed by atoms with Gasteiger partial charge in [0.1, 0.15) is 22.6 Å². The molecule has 2 aliphatic rings. The number of hydrogen-bond acceptors (Lipinski definition) is 8. The average molecular weight is 488 g/mol. The number of fused-ring (bicyclic) bond motifs is 1. The summed E-state index contributed by atoms with van der Waals surface area (Å²) in [6.07, 6.45) is 5.59. The third kappa shape index (κ3) is 4.31. The molecule has 0 aliphatic carbocycles. The summed E-state index contributed by atoms with van der Waals surface area (Å²) in [5.74, 6) is 1.52. The number of carbonyl (C=O) groups excluding carboxylic acids is 1. The molecule has 182 valence electrons. The molecule has 0 radical (unpaired) electrons. The van der Waals surface area contributed by atoms with Gasteiger partial charge in [0.05, 0.1) is 0 Å². The molecule has 3 aromatic rings. The maximum atomic E-state index is 13.2. The molecule has 2 aliphatic heterocycles. The molecular weight excluding hydrogens is 458 g/mol. The van der Waals surface area contributed by atoms with E-state index in [1.54, 1.807) is 18.5 Å². The predicted molar refractivity (Wildman–Crippen MR) is 122 cm³/mol. The van der Waals surface area contributed by atoms with E-state index in [2.05, 4.69) is 32.0 Å². The van der Waals surface area contributed by atoms with Crippen LogP contribution in [0.15, 0.2) is 34.1 Å². The van der Waals surface area contributed by atoms with Crippen molar-refractivity contribution in [2.45, 2.75) is 50.5 Å². The molecule has 12 heteroatoms. The Balaban J connectivity index is 1.15. The van der Waals surface area contributed by atoms with E-state index in [1.165, 1.54) is 10.4 Å². The van der Waals surface area contributed by atoms with Crippen LogP contribution in [0.1, 0.15) is 38.4 Å². The predicted octanol–water partition coefficient (Wildman–Crippen LogP) is 1.72. The van der Waals surface area contributed by atoms with Crippen LogP contribution in [0.2, 0.25) is 0 Å². The lowest BCUT2D eigenvalue weighted by atomic mass is 9.91. The summed E-state index contributed by atoms with van der Waals surface area (Å²) in [5, 5.41) is 15.7. The highest BCUT2D eigenvalue weighted by Gasteiger charge is 2.36. The monoisotopic (exact) mass is 487 g/mol. The van der Waals surface area contributed by atoms with Crippen LogP contribution in [0.5, 0.6) is 0 Å². The van der Waals surface area contributed by atoms with Crippen LogP contribution in [0.25, 0.3) is 11.0 Å². The number of hydrogen-bond donors (Lipinski definition) is 0. The molecular formula is C22H29N7O4S. The molecule has 0 N–H and O–H groups in total. The van der Waals surface area contributed by atoms with Crippen molar-refractivity contribution in [3.63, 3.8) is 0 Å². The van der Waals surface area contributed by atoms with E-state index in [-0.39, 0.29) is 22.2 Å². The first-order chi connectivity index (χ1) is 16.5. The van der Waals surface area contributed by atoms with Gasteiger partial charge in [-0.15, -0.1) is 10.2 Å². The highest BCUT2D eigenvalue weighted by atomic mass is 32.2. The van der Waals surface area contributed by atoms with E-state index < -0.39 is 10.0 Å². The summed E-state index contributed by atoms with van der Waals surface area (Å²) in [6.45, 7) is 5.04. The van der Waals surface area contributed by atoms with Crippen LogP contribution in [-0.4, -0.2) is 74.8 Å². The fraction of sp³-hybridized carbons (Fsp3) is 0.591. The molecule has 0 saturated carbocycles. The van der Waals surface area contributed by atoms with Gasteiger partial charge in [0.25, 0.3) is 0 Å². The highest BCUT2D eigenvalue weighted by molar-refractivity contribution is 7.89. The highest BCUT2D eigenvalue weighted by Crippen LogP contribution is 2.29. The van der Waals surface area contributed by atoms with Crippen molar-refractivity contribution in [1.82, 2.24) is 34.3 Å². The lowest BCUT2D eigenvalue weighted by Crippen LogP contribution is -2.46. The van der Waals surface area contributed by atoms with Crippen molar-refractivity contribution >= 4 is 27.0 Å². The summed E-state index contributed by atoms with van der Waals surface area (Å²) in [7, 11) is -3.74. The van der Waals surface area contributed by atoms with Gasteiger partial charge >= 0.3 is 0 Å². The second kappa shape index (κ2) is 9.41. The van der Waals surface area contributed by atoms with Gasteiger partial charge in [0.2, 0.25) is 15.9 Å². The number of likely N-dealkylation sites (tertiary alicyclic amines) is 1. The molecule has 4 heterocycles. The van der Waals surface area contributed by atoms with Gasteiger partial charge in [-0.3, -0.25) is 4.79 Å². The zero-order chi connectivity index (χ0) is 23.7. The molecule has 2 aromatic heterocycles. The van der Waals surface area contributed by atoms with Crippen LogP contribution >= 0.6 is 0 Å². The van der Waals surface area contributed by atoms with Crippen molar-refractivity contribution in [1.29, 1.82) is 0 Å². The first-order valence-corrected chi connectivity index (χ1v) is 13.3. The molecule has 1 amide bonds. The maximum absolute atomic E-state index is 13.2. The number of carbonyl (C=O) groups is 1. The van der Waals surface area contributed by atoms with Crippen molar-refractivity contribution in [2.24, 2.45) is 11.8 Å². The van der Waals surface area contributed by atoms with Gasteiger partial charge in [-0.05, 0) is 61.0 Å². The van der Waals surface area contributed by atoms with E-state index in [1.807, 2.05) is 4.90 Å². The van der Waals surface area contributed by atoms with Gasteiger partial charge in [-0.1, -0.05) is 6.07 Å². The summed E-state index contributed by atoms with van der Waals surface area (Å²) in [4.78, 5) is 15.2. The Labute approximate surface area is 198 Å². The fourth-order valence-corrected chi connectivity index (χ4v) is 6.65. The van der Waals surface area contributed by atoms with Crippen LogP contribution < -0.4 is 0 Å². The number of piperidine rings is 2. The minimum Gasteiger partial charge on any atom is -0.342 e. The molecule has 5 rings (SSSR count). The van der Waals surface area contributed by atoms with Gasteiger partial charge in [-0.25, -0.2) is 13.0 Å². The molecule has 34 heavy (non-hydrogen) atoms. The molecule has 2 fully saturated rings. The van der Waals surface area contributed by atoms with E-state index in [0.717, 1.165) is 44.7 Å². The average Bonchev–Trinajstić information content (AvgIpc) is 3.53. The largest absolute Gasteiger partial charge is 0.342 e. The summed E-state index contributed by atoms with van der Waals surface area (Å²) in [6, 6.07) is 4.81. The van der Waals surface area contributed by atoms with Gasteiger partial charge < -0.3 is 9.47 Å². The Bertz CT molecular complexity index is 1260. The van der Waals surface area contributed by atoms with Crippen molar-refractivity contribution in [2.75, 3.05) is 26.2 Å². The zero-order valence-corrected chi connectivity index (χ0v) is 20.0. The van der Waals surface area contributed by atoms with Crippen molar-refractivity contribution < 1.29 is 17.8 Å². The van der Waals surface area contributed by atoms with Crippen molar-refractivity contribution in [3.05, 3.63) is 30.4 Å². The molecule has 0 spiro atoms.